The van der Waals surface area contributed by atoms with Crippen molar-refractivity contribution < 1.29 is 17.6 Å². The average molecular weight is 600 g/mol. The topological polar surface area (TPSA) is 133 Å². The smallest absolute Gasteiger partial charge is 0.312 e. The van der Waals surface area contributed by atoms with Gasteiger partial charge in [-0.25, -0.2) is 18.1 Å². The molecule has 1 aromatic carbocycles. The van der Waals surface area contributed by atoms with E-state index in [4.69, 9.17) is 5.73 Å². The lowest BCUT2D eigenvalue weighted by molar-refractivity contribution is 0.0994. The van der Waals surface area contributed by atoms with E-state index in [0.29, 0.717) is 37.1 Å². The van der Waals surface area contributed by atoms with Crippen molar-refractivity contribution in [3.8, 4) is 0 Å². The maximum Gasteiger partial charge on any atom is 0.312 e. The van der Waals surface area contributed by atoms with Gasteiger partial charge in [-0.3, -0.25) is 4.79 Å². The summed E-state index contributed by atoms with van der Waals surface area (Å²) in [6, 6.07) is 3.94. The van der Waals surface area contributed by atoms with E-state index in [9.17, 15) is 17.6 Å². The number of sulfonamides is 1. The Balaban J connectivity index is 1.62. The number of carbonyl (C=O) groups is 1. The Labute approximate surface area is 210 Å². The number of benzene rings is 1. The lowest BCUT2D eigenvalue weighted by Crippen LogP contribution is -2.30. The van der Waals surface area contributed by atoms with E-state index in [0.717, 1.165) is 26.7 Å². The van der Waals surface area contributed by atoms with E-state index in [1.54, 1.807) is 4.57 Å². The third kappa shape index (κ3) is 5.38. The van der Waals surface area contributed by atoms with E-state index >= 15 is 0 Å². The number of nitrogen functional groups attached to an aromatic ring is 1. The van der Waals surface area contributed by atoms with Crippen LogP contribution in [0.5, 0.6) is 0 Å². The number of imidazole rings is 1. The highest BCUT2D eigenvalue weighted by Crippen LogP contribution is 2.29. The first-order chi connectivity index (χ1) is 16.0. The SMILES string of the molecule is CC(C)CS(=O)(=O)NCCCn1c(Cc2cc3c(cc2I)CCC3=O)nc2c(N)nc(F)nc21. The normalized spacial score (nSPS) is 13.9. The fraction of sp³-hybridized carbons (Fsp3) is 0.455. The zero-order chi connectivity index (χ0) is 24.6. The van der Waals surface area contributed by atoms with Crippen molar-refractivity contribution in [2.45, 2.75) is 46.1 Å². The molecule has 0 saturated heterocycles. The first-order valence-corrected chi connectivity index (χ1v) is 13.8. The highest BCUT2D eigenvalue weighted by Gasteiger charge is 2.23. The van der Waals surface area contributed by atoms with Crippen LogP contribution in [0.25, 0.3) is 11.2 Å². The monoisotopic (exact) mass is 600 g/mol. The van der Waals surface area contributed by atoms with Crippen molar-refractivity contribution in [2.24, 2.45) is 5.92 Å². The molecule has 1 aliphatic rings. The molecule has 0 saturated carbocycles. The Morgan fingerprint density at radius 1 is 1.24 bits per heavy atom. The molecule has 12 heteroatoms. The summed E-state index contributed by atoms with van der Waals surface area (Å²) >= 11 is 2.24. The van der Waals surface area contributed by atoms with Gasteiger partial charge in [0.1, 0.15) is 5.82 Å². The molecule has 0 atom stereocenters. The largest absolute Gasteiger partial charge is 0.382 e. The molecule has 0 bridgehead atoms. The first kappa shape index (κ1) is 24.9. The number of halogens is 2. The van der Waals surface area contributed by atoms with E-state index < -0.39 is 16.1 Å². The molecule has 3 aromatic rings. The quantitative estimate of drug-likeness (QED) is 0.219. The summed E-state index contributed by atoms with van der Waals surface area (Å²) in [4.78, 5) is 24.3. The van der Waals surface area contributed by atoms with Gasteiger partial charge < -0.3 is 10.3 Å². The Bertz CT molecular complexity index is 1370. The number of aryl methyl sites for hydroxylation is 2. The molecule has 0 radical (unpaired) electrons. The maximum atomic E-state index is 14.0. The summed E-state index contributed by atoms with van der Waals surface area (Å²) in [5, 5.41) is 0. The van der Waals surface area contributed by atoms with E-state index in [-0.39, 0.29) is 35.5 Å². The Morgan fingerprint density at radius 3 is 2.74 bits per heavy atom. The van der Waals surface area contributed by atoms with Crippen molar-refractivity contribution in [3.63, 3.8) is 0 Å². The van der Waals surface area contributed by atoms with Crippen molar-refractivity contribution in [2.75, 3.05) is 18.0 Å². The minimum atomic E-state index is -3.37. The molecule has 182 valence electrons. The van der Waals surface area contributed by atoms with Crippen LogP contribution in [0.4, 0.5) is 10.2 Å². The Morgan fingerprint density at radius 2 is 2.00 bits per heavy atom. The summed E-state index contributed by atoms with van der Waals surface area (Å²) in [5.41, 5.74) is 9.18. The zero-order valence-electron chi connectivity index (χ0n) is 18.9. The molecule has 2 aromatic heterocycles. The van der Waals surface area contributed by atoms with E-state index in [1.165, 1.54) is 0 Å². The molecule has 2 heterocycles. The first-order valence-electron chi connectivity index (χ1n) is 11.0. The summed E-state index contributed by atoms with van der Waals surface area (Å²) in [6.07, 6.45) is 1.15. The van der Waals surface area contributed by atoms with Gasteiger partial charge in [-0.2, -0.15) is 14.4 Å². The molecule has 0 fully saturated rings. The number of hydrogen-bond acceptors (Lipinski definition) is 7. The number of fused-ring (bicyclic) bond motifs is 2. The number of nitrogens with zero attached hydrogens (tertiary/aromatic N) is 4. The number of nitrogens with one attached hydrogen (secondary N) is 1. The van der Waals surface area contributed by atoms with E-state index in [1.807, 2.05) is 26.0 Å². The number of anilines is 1. The van der Waals surface area contributed by atoms with Crippen molar-refractivity contribution >= 4 is 55.4 Å². The minimum absolute atomic E-state index is 0.0195. The van der Waals surface area contributed by atoms with Crippen LogP contribution in [0.15, 0.2) is 12.1 Å². The molecule has 0 aliphatic heterocycles. The summed E-state index contributed by atoms with van der Waals surface area (Å²) in [6.45, 7) is 4.26. The molecule has 3 N–H and O–H groups in total. The third-order valence-electron chi connectivity index (χ3n) is 5.65. The van der Waals surface area contributed by atoms with Crippen LogP contribution in [0.1, 0.15) is 54.0 Å². The number of carbonyl (C=O) groups excluding carboxylic acids is 1. The number of rotatable bonds is 9. The summed E-state index contributed by atoms with van der Waals surface area (Å²) in [5.74, 6) is 0.739. The van der Waals surface area contributed by atoms with Gasteiger partial charge in [0.25, 0.3) is 0 Å². The number of Topliss-reactive ketones (excluding diaryl/α,β-unsaturated/α-hetero) is 1. The highest BCUT2D eigenvalue weighted by molar-refractivity contribution is 14.1. The zero-order valence-corrected chi connectivity index (χ0v) is 21.9. The van der Waals surface area contributed by atoms with Crippen LogP contribution in [0.3, 0.4) is 0 Å². The van der Waals surface area contributed by atoms with Crippen LogP contribution in [-0.4, -0.2) is 46.0 Å². The van der Waals surface area contributed by atoms with Gasteiger partial charge >= 0.3 is 6.08 Å². The number of nitrogens with two attached hydrogens (primary N) is 1. The van der Waals surface area contributed by atoms with Gasteiger partial charge in [-0.1, -0.05) is 13.8 Å². The van der Waals surface area contributed by atoms with Crippen LogP contribution in [0, 0.1) is 15.6 Å². The minimum Gasteiger partial charge on any atom is -0.382 e. The van der Waals surface area contributed by atoms with Crippen molar-refractivity contribution in [3.05, 3.63) is 44.3 Å². The molecule has 9 nitrogen and oxygen atoms in total. The molecule has 34 heavy (non-hydrogen) atoms. The molecular weight excluding hydrogens is 574 g/mol. The van der Waals surface area contributed by atoms with Crippen LogP contribution in [-0.2, 0) is 29.4 Å². The lowest BCUT2D eigenvalue weighted by Gasteiger charge is -2.12. The fourth-order valence-electron chi connectivity index (χ4n) is 4.19. The third-order valence-corrected chi connectivity index (χ3v) is 8.40. The van der Waals surface area contributed by atoms with Gasteiger partial charge in [0.15, 0.2) is 22.8 Å². The summed E-state index contributed by atoms with van der Waals surface area (Å²) in [7, 11) is -3.37. The predicted octanol–water partition coefficient (Wildman–Crippen LogP) is 2.84. The van der Waals surface area contributed by atoms with Gasteiger partial charge in [0.05, 0.1) is 5.75 Å². The van der Waals surface area contributed by atoms with Gasteiger partial charge in [-0.05, 0) is 64.6 Å². The van der Waals surface area contributed by atoms with Gasteiger partial charge in [0, 0.05) is 35.1 Å². The predicted molar refractivity (Wildman–Crippen MR) is 136 cm³/mol. The van der Waals surface area contributed by atoms with Crippen LogP contribution in [0.2, 0.25) is 0 Å². The second-order valence-corrected chi connectivity index (χ2v) is 11.9. The van der Waals surface area contributed by atoms with Crippen molar-refractivity contribution in [1.29, 1.82) is 0 Å². The molecule has 4 rings (SSSR count). The molecule has 0 spiro atoms. The number of ketones is 1. The number of aromatic nitrogens is 4. The van der Waals surface area contributed by atoms with Crippen LogP contribution < -0.4 is 10.5 Å². The second-order valence-electron chi connectivity index (χ2n) is 8.85. The van der Waals surface area contributed by atoms with Gasteiger partial charge in [0.2, 0.25) is 10.0 Å². The standard InChI is InChI=1S/C22H26FIN6O3S/c1-12(2)11-34(32,33)26-6-3-7-30-18(27-19-20(25)28-22(23)29-21(19)30)10-14-8-15-13(9-16(14)24)4-5-17(15)31/h8-9,12,26H,3-7,10-11H2,1-2H3,(H2,25,28,29). The van der Waals surface area contributed by atoms with Crippen LogP contribution >= 0.6 is 22.6 Å². The number of hydrogen-bond donors (Lipinski definition) is 2. The molecular formula is C22H26FIN6O3S. The second kappa shape index (κ2) is 9.82. The van der Waals surface area contributed by atoms with Gasteiger partial charge in [-0.15, -0.1) is 0 Å². The highest BCUT2D eigenvalue weighted by atomic mass is 127. The molecule has 0 amide bonds. The maximum absolute atomic E-state index is 14.0. The lowest BCUT2D eigenvalue weighted by atomic mass is 10.0. The fourth-order valence-corrected chi connectivity index (χ4v) is 6.36. The van der Waals surface area contributed by atoms with E-state index in [2.05, 4.69) is 42.3 Å². The molecule has 1 aliphatic carbocycles. The molecule has 0 unspecified atom stereocenters. The summed E-state index contributed by atoms with van der Waals surface area (Å²) < 4.78 is 43.6. The Kier molecular flexibility index (Phi) is 7.20. The average Bonchev–Trinajstić information content (AvgIpc) is 3.25. The Hall–Kier alpha value is -2.19. The van der Waals surface area contributed by atoms with Crippen molar-refractivity contribution in [1.82, 2.24) is 24.2 Å².